The van der Waals surface area contributed by atoms with Gasteiger partial charge >= 0.3 is 5.97 Å². The van der Waals surface area contributed by atoms with E-state index in [0.717, 1.165) is 22.9 Å². The molecule has 0 saturated carbocycles. The molecule has 0 aliphatic rings. The molecule has 1 aromatic carbocycles. The minimum absolute atomic E-state index is 0.202. The zero-order chi connectivity index (χ0) is 14.9. The number of para-hydroxylation sites is 1. The van der Waals surface area contributed by atoms with Crippen LogP contribution in [0.4, 0.5) is 8.78 Å². The highest BCUT2D eigenvalue weighted by atomic mass is 19.1. The molecule has 0 unspecified atom stereocenters. The smallest absolute Gasteiger partial charge is 0.309 e. The number of carbonyl (C=O) groups is 1. The summed E-state index contributed by atoms with van der Waals surface area (Å²) < 4.78 is 28.3. The summed E-state index contributed by atoms with van der Waals surface area (Å²) in [6, 6.07) is 4.39. The van der Waals surface area contributed by atoms with E-state index in [-0.39, 0.29) is 11.4 Å². The molecule has 1 N–H and O–H groups in total. The Morgan fingerprint density at radius 1 is 1.35 bits per heavy atom. The molecule has 0 spiro atoms. The molecule has 5 nitrogen and oxygen atoms in total. The SMILES string of the molecule is Cc1cc(=O)c(CC(=O)O)nn1-c1c(F)cccc1F. The second-order valence-corrected chi connectivity index (χ2v) is 4.15. The molecule has 2 rings (SSSR count). The zero-order valence-electron chi connectivity index (χ0n) is 10.4. The van der Waals surface area contributed by atoms with Crippen LogP contribution in [0.5, 0.6) is 0 Å². The fraction of sp³-hybridized carbons (Fsp3) is 0.154. The number of hydrogen-bond donors (Lipinski definition) is 1. The summed E-state index contributed by atoms with van der Waals surface area (Å²) in [6.07, 6.45) is -0.616. The molecule has 1 heterocycles. The van der Waals surface area contributed by atoms with Crippen molar-refractivity contribution < 1.29 is 18.7 Å². The third-order valence-electron chi connectivity index (χ3n) is 2.65. The standard InChI is InChI=1S/C13H10F2N2O3/c1-7-5-11(18)10(6-12(19)20)16-17(7)13-8(14)3-2-4-9(13)15/h2-5H,6H2,1H3,(H,19,20). The lowest BCUT2D eigenvalue weighted by atomic mass is 10.2. The lowest BCUT2D eigenvalue weighted by Gasteiger charge is -2.12. The Morgan fingerprint density at radius 2 is 1.95 bits per heavy atom. The second kappa shape index (κ2) is 5.20. The van der Waals surface area contributed by atoms with Crippen LogP contribution in [0, 0.1) is 18.6 Å². The maximum atomic E-state index is 13.7. The number of nitrogens with zero attached hydrogens (tertiary/aromatic N) is 2. The first-order valence-corrected chi connectivity index (χ1v) is 5.66. The fourth-order valence-corrected chi connectivity index (χ4v) is 1.77. The van der Waals surface area contributed by atoms with Gasteiger partial charge in [0, 0.05) is 11.8 Å². The van der Waals surface area contributed by atoms with Gasteiger partial charge in [-0.3, -0.25) is 9.59 Å². The van der Waals surface area contributed by atoms with Gasteiger partial charge in [-0.15, -0.1) is 0 Å². The lowest BCUT2D eigenvalue weighted by Crippen LogP contribution is -2.22. The second-order valence-electron chi connectivity index (χ2n) is 4.15. The van der Waals surface area contributed by atoms with E-state index in [1.165, 1.54) is 13.0 Å². The van der Waals surface area contributed by atoms with Crippen molar-refractivity contribution in [3.8, 4) is 5.69 Å². The normalized spacial score (nSPS) is 10.6. The maximum absolute atomic E-state index is 13.7. The quantitative estimate of drug-likeness (QED) is 0.923. The number of carboxylic acid groups (broad SMARTS) is 1. The van der Waals surface area contributed by atoms with Crippen LogP contribution < -0.4 is 5.43 Å². The summed E-state index contributed by atoms with van der Waals surface area (Å²) in [5, 5.41) is 12.4. The highest BCUT2D eigenvalue weighted by Gasteiger charge is 2.16. The van der Waals surface area contributed by atoms with Gasteiger partial charge < -0.3 is 5.11 Å². The molecule has 2 aromatic rings. The summed E-state index contributed by atoms with van der Waals surface area (Å²) in [4.78, 5) is 22.3. The number of hydrogen-bond acceptors (Lipinski definition) is 3. The predicted octanol–water partition coefficient (Wildman–Crippen LogP) is 1.45. The topological polar surface area (TPSA) is 72.2 Å². The molecule has 0 radical (unpaired) electrons. The van der Waals surface area contributed by atoms with Gasteiger partial charge in [0.15, 0.2) is 11.6 Å². The summed E-state index contributed by atoms with van der Waals surface area (Å²) in [6.45, 7) is 1.45. The first-order chi connectivity index (χ1) is 9.40. The van der Waals surface area contributed by atoms with Crippen LogP contribution in [-0.2, 0) is 11.2 Å². The van der Waals surface area contributed by atoms with Crippen LogP contribution in [0.3, 0.4) is 0 Å². The van der Waals surface area contributed by atoms with Crippen molar-refractivity contribution in [1.82, 2.24) is 9.78 Å². The minimum Gasteiger partial charge on any atom is -0.481 e. The summed E-state index contributed by atoms with van der Waals surface area (Å²) in [5.74, 6) is -2.96. The molecule has 0 atom stereocenters. The number of aromatic nitrogens is 2. The van der Waals surface area contributed by atoms with E-state index in [1.807, 2.05) is 0 Å². The number of aliphatic carboxylic acids is 1. The largest absolute Gasteiger partial charge is 0.481 e. The van der Waals surface area contributed by atoms with E-state index in [9.17, 15) is 18.4 Å². The molecule has 0 aliphatic carbocycles. The van der Waals surface area contributed by atoms with Crippen LogP contribution in [0.25, 0.3) is 5.69 Å². The van der Waals surface area contributed by atoms with Crippen molar-refractivity contribution in [2.75, 3.05) is 0 Å². The van der Waals surface area contributed by atoms with Gasteiger partial charge in [-0.25, -0.2) is 13.5 Å². The van der Waals surface area contributed by atoms with Crippen LogP contribution in [-0.4, -0.2) is 20.9 Å². The van der Waals surface area contributed by atoms with Gasteiger partial charge in [0.25, 0.3) is 0 Å². The molecule has 20 heavy (non-hydrogen) atoms. The van der Waals surface area contributed by atoms with E-state index < -0.39 is 35.1 Å². The molecule has 0 aliphatic heterocycles. The molecule has 0 amide bonds. The van der Waals surface area contributed by atoms with Crippen molar-refractivity contribution >= 4 is 5.97 Å². The van der Waals surface area contributed by atoms with Gasteiger partial charge in [0.2, 0.25) is 5.43 Å². The van der Waals surface area contributed by atoms with Gasteiger partial charge in [0.05, 0.1) is 6.42 Å². The Hall–Kier alpha value is -2.57. The minimum atomic E-state index is -1.25. The van der Waals surface area contributed by atoms with Gasteiger partial charge in [-0.2, -0.15) is 5.10 Å². The molecule has 0 bridgehead atoms. The average Bonchev–Trinajstić information content (AvgIpc) is 2.33. The molecule has 0 fully saturated rings. The predicted molar refractivity (Wildman–Crippen MR) is 65.8 cm³/mol. The van der Waals surface area contributed by atoms with E-state index in [0.29, 0.717) is 0 Å². The van der Waals surface area contributed by atoms with Crippen LogP contribution in [0.15, 0.2) is 29.1 Å². The number of aryl methyl sites for hydroxylation is 1. The molecular weight excluding hydrogens is 270 g/mol. The summed E-state index contributed by atoms with van der Waals surface area (Å²) >= 11 is 0. The van der Waals surface area contributed by atoms with E-state index in [1.54, 1.807) is 0 Å². The number of halogens is 2. The number of rotatable bonds is 3. The van der Waals surface area contributed by atoms with Crippen LogP contribution >= 0.6 is 0 Å². The van der Waals surface area contributed by atoms with Crippen molar-refractivity contribution in [3.05, 3.63) is 57.5 Å². The maximum Gasteiger partial charge on any atom is 0.309 e. The van der Waals surface area contributed by atoms with Gasteiger partial charge in [-0.05, 0) is 19.1 Å². The highest BCUT2D eigenvalue weighted by Crippen LogP contribution is 2.17. The first-order valence-electron chi connectivity index (χ1n) is 5.66. The van der Waals surface area contributed by atoms with Crippen molar-refractivity contribution in [3.63, 3.8) is 0 Å². The Bertz CT molecular complexity index is 721. The van der Waals surface area contributed by atoms with Gasteiger partial charge in [0.1, 0.15) is 11.4 Å². The van der Waals surface area contributed by atoms with Crippen LogP contribution in [0.1, 0.15) is 11.4 Å². The zero-order valence-corrected chi connectivity index (χ0v) is 10.4. The van der Waals surface area contributed by atoms with E-state index in [2.05, 4.69) is 5.10 Å². The Kier molecular flexibility index (Phi) is 3.60. The summed E-state index contributed by atoms with van der Waals surface area (Å²) in [5.41, 5.74) is -1.12. The number of benzene rings is 1. The van der Waals surface area contributed by atoms with Crippen molar-refractivity contribution in [2.45, 2.75) is 13.3 Å². The van der Waals surface area contributed by atoms with Crippen molar-refractivity contribution in [1.29, 1.82) is 0 Å². The monoisotopic (exact) mass is 280 g/mol. The molecule has 7 heteroatoms. The molecule has 0 saturated heterocycles. The third kappa shape index (κ3) is 2.56. The molecular formula is C13H10F2N2O3. The van der Waals surface area contributed by atoms with Crippen molar-refractivity contribution in [2.24, 2.45) is 0 Å². The van der Waals surface area contributed by atoms with Crippen LogP contribution in [0.2, 0.25) is 0 Å². The number of carboxylic acids is 1. The lowest BCUT2D eigenvalue weighted by molar-refractivity contribution is -0.136. The van der Waals surface area contributed by atoms with Gasteiger partial charge in [-0.1, -0.05) is 6.07 Å². The Morgan fingerprint density at radius 3 is 2.50 bits per heavy atom. The average molecular weight is 280 g/mol. The molecule has 104 valence electrons. The Balaban J connectivity index is 2.68. The van der Waals surface area contributed by atoms with E-state index >= 15 is 0 Å². The fourth-order valence-electron chi connectivity index (χ4n) is 1.77. The molecule has 1 aromatic heterocycles. The highest BCUT2D eigenvalue weighted by molar-refractivity contribution is 5.69. The van der Waals surface area contributed by atoms with E-state index in [4.69, 9.17) is 5.11 Å². The first kappa shape index (κ1) is 13.9. The third-order valence-corrected chi connectivity index (χ3v) is 2.65. The Labute approximate surface area is 112 Å². The summed E-state index contributed by atoms with van der Waals surface area (Å²) in [7, 11) is 0.